The number of ether oxygens (including phenoxy) is 2. The van der Waals surface area contributed by atoms with E-state index in [0.717, 1.165) is 16.7 Å². The molecular formula is C18H16O3. The van der Waals surface area contributed by atoms with Crippen molar-refractivity contribution in [1.82, 2.24) is 0 Å². The van der Waals surface area contributed by atoms with Gasteiger partial charge >= 0.3 is 5.97 Å². The lowest BCUT2D eigenvalue weighted by molar-refractivity contribution is -0.177. The van der Waals surface area contributed by atoms with E-state index in [0.29, 0.717) is 0 Å². The summed E-state index contributed by atoms with van der Waals surface area (Å²) in [6.45, 7) is 3.83. The van der Waals surface area contributed by atoms with Crippen molar-refractivity contribution in [3.05, 3.63) is 71.3 Å². The second-order valence-electron chi connectivity index (χ2n) is 5.89. The molecule has 1 saturated heterocycles. The lowest BCUT2D eigenvalue weighted by Crippen LogP contribution is -2.44. The van der Waals surface area contributed by atoms with Crippen LogP contribution >= 0.6 is 0 Å². The second-order valence-corrected chi connectivity index (χ2v) is 5.89. The molecule has 0 aliphatic carbocycles. The highest BCUT2D eigenvalue weighted by Crippen LogP contribution is 2.55. The number of carbonyl (C=O) groups excluding carboxylic acids is 1. The van der Waals surface area contributed by atoms with Crippen molar-refractivity contribution < 1.29 is 14.3 Å². The van der Waals surface area contributed by atoms with Gasteiger partial charge < -0.3 is 9.47 Å². The molecule has 21 heavy (non-hydrogen) atoms. The van der Waals surface area contributed by atoms with Crippen LogP contribution in [-0.2, 0) is 20.1 Å². The summed E-state index contributed by atoms with van der Waals surface area (Å²) in [6.07, 6.45) is 0. The third-order valence-electron chi connectivity index (χ3n) is 4.76. The minimum Gasteiger partial charge on any atom is -0.422 e. The van der Waals surface area contributed by atoms with Crippen LogP contribution in [0.15, 0.2) is 54.6 Å². The fourth-order valence-corrected chi connectivity index (χ4v) is 3.37. The molecule has 4 rings (SSSR count). The molecule has 0 spiro atoms. The van der Waals surface area contributed by atoms with E-state index >= 15 is 0 Å². The third-order valence-corrected chi connectivity index (χ3v) is 4.76. The minimum absolute atomic E-state index is 0.0412. The lowest BCUT2D eigenvalue weighted by atomic mass is 9.78. The highest BCUT2D eigenvalue weighted by atomic mass is 16.8. The second kappa shape index (κ2) is 3.95. The Morgan fingerprint density at radius 1 is 1.00 bits per heavy atom. The van der Waals surface area contributed by atoms with Crippen molar-refractivity contribution in [3.63, 3.8) is 0 Å². The predicted octanol–water partition coefficient (Wildman–Crippen LogP) is 3.34. The van der Waals surface area contributed by atoms with Crippen molar-refractivity contribution in [2.45, 2.75) is 31.2 Å². The summed E-state index contributed by atoms with van der Waals surface area (Å²) in [6, 6.07) is 17.7. The van der Waals surface area contributed by atoms with Gasteiger partial charge in [0.25, 0.3) is 5.79 Å². The molecule has 3 nitrogen and oxygen atoms in total. The van der Waals surface area contributed by atoms with E-state index in [1.165, 1.54) is 0 Å². The summed E-state index contributed by atoms with van der Waals surface area (Å²) in [5.41, 5.74) is 1.94. The molecule has 2 heterocycles. The summed E-state index contributed by atoms with van der Waals surface area (Å²) in [4.78, 5) is 12.5. The quantitative estimate of drug-likeness (QED) is 0.752. The Labute approximate surface area is 123 Å². The number of hydrogen-bond donors (Lipinski definition) is 0. The molecule has 0 N–H and O–H groups in total. The normalized spacial score (nSPS) is 33.4. The zero-order valence-electron chi connectivity index (χ0n) is 12.0. The number of fused-ring (bicyclic) bond motifs is 4. The van der Waals surface area contributed by atoms with Crippen LogP contribution in [0.3, 0.4) is 0 Å². The molecule has 0 aromatic heterocycles. The first kappa shape index (κ1) is 12.6. The van der Waals surface area contributed by atoms with Gasteiger partial charge in [-0.05, 0) is 12.5 Å². The topological polar surface area (TPSA) is 35.5 Å². The molecule has 1 unspecified atom stereocenters. The van der Waals surface area contributed by atoms with Crippen molar-refractivity contribution in [2.75, 3.05) is 0 Å². The number of benzene rings is 2. The van der Waals surface area contributed by atoms with Crippen LogP contribution in [0.5, 0.6) is 0 Å². The van der Waals surface area contributed by atoms with E-state index in [4.69, 9.17) is 9.47 Å². The first-order chi connectivity index (χ1) is 10.1. The summed E-state index contributed by atoms with van der Waals surface area (Å²) >= 11 is 0. The summed E-state index contributed by atoms with van der Waals surface area (Å²) < 4.78 is 12.0. The highest BCUT2D eigenvalue weighted by Gasteiger charge is 2.64. The van der Waals surface area contributed by atoms with Crippen LogP contribution in [0.2, 0.25) is 0 Å². The minimum atomic E-state index is -1.11. The van der Waals surface area contributed by atoms with Crippen molar-refractivity contribution >= 4 is 5.97 Å². The van der Waals surface area contributed by atoms with Gasteiger partial charge in [-0.3, -0.25) is 0 Å². The monoisotopic (exact) mass is 280 g/mol. The van der Waals surface area contributed by atoms with E-state index in [-0.39, 0.29) is 11.9 Å². The molecule has 0 radical (unpaired) electrons. The van der Waals surface area contributed by atoms with Crippen molar-refractivity contribution in [3.8, 4) is 0 Å². The first-order valence-electron chi connectivity index (χ1n) is 7.16. The van der Waals surface area contributed by atoms with Gasteiger partial charge in [0.1, 0.15) is 0 Å². The smallest absolute Gasteiger partial charge is 0.342 e. The van der Waals surface area contributed by atoms with Crippen LogP contribution in [0, 0.1) is 0 Å². The number of rotatable bonds is 1. The SMILES string of the molecule is CC1c2ccccc2[C@]2(c3ccccc3)OC(=O)[C@@]1(C)O2. The van der Waals surface area contributed by atoms with Gasteiger partial charge in [-0.1, -0.05) is 61.5 Å². The van der Waals surface area contributed by atoms with Crippen LogP contribution in [0.25, 0.3) is 0 Å². The van der Waals surface area contributed by atoms with Crippen molar-refractivity contribution in [2.24, 2.45) is 0 Å². The fraction of sp³-hybridized carbons (Fsp3) is 0.278. The summed E-state index contributed by atoms with van der Waals surface area (Å²) in [7, 11) is 0. The Hall–Kier alpha value is -2.13. The molecule has 2 aromatic rings. The summed E-state index contributed by atoms with van der Waals surface area (Å²) in [5, 5.41) is 0. The van der Waals surface area contributed by atoms with Gasteiger partial charge in [-0.2, -0.15) is 0 Å². The van der Waals surface area contributed by atoms with Gasteiger partial charge in [-0.15, -0.1) is 0 Å². The molecule has 0 saturated carbocycles. The first-order valence-corrected chi connectivity index (χ1v) is 7.16. The van der Waals surface area contributed by atoms with Gasteiger partial charge in [0.15, 0.2) is 5.60 Å². The van der Waals surface area contributed by atoms with Crippen molar-refractivity contribution in [1.29, 1.82) is 0 Å². The highest BCUT2D eigenvalue weighted by molar-refractivity contribution is 5.85. The standard InChI is InChI=1S/C18H16O3/c1-12-14-10-6-7-11-15(14)18(13-8-4-3-5-9-13)20-16(19)17(12,2)21-18/h3-12H,1-2H3/t12?,17-,18+/m0/s1. The number of carbonyl (C=O) groups is 1. The molecule has 3 atom stereocenters. The maximum absolute atomic E-state index is 12.5. The average Bonchev–Trinajstić information content (AvgIpc) is 2.78. The van der Waals surface area contributed by atoms with Gasteiger partial charge in [0, 0.05) is 17.0 Å². The Balaban J connectivity index is 2.04. The van der Waals surface area contributed by atoms with E-state index in [1.54, 1.807) is 0 Å². The molecule has 2 aromatic carbocycles. The molecule has 1 fully saturated rings. The van der Waals surface area contributed by atoms with Gasteiger partial charge in [-0.25, -0.2) is 4.79 Å². The van der Waals surface area contributed by atoms with E-state index in [1.807, 2.05) is 62.4 Å². The van der Waals surface area contributed by atoms with Crippen LogP contribution in [-0.4, -0.2) is 11.6 Å². The van der Waals surface area contributed by atoms with Gasteiger partial charge in [0.05, 0.1) is 0 Å². The molecule has 3 heteroatoms. The molecule has 2 bridgehead atoms. The Morgan fingerprint density at radius 2 is 1.67 bits per heavy atom. The Bertz CT molecular complexity index is 724. The van der Waals surface area contributed by atoms with E-state index in [2.05, 4.69) is 6.07 Å². The molecule has 106 valence electrons. The Kier molecular flexibility index (Phi) is 2.37. The summed E-state index contributed by atoms with van der Waals surface area (Å²) in [5.74, 6) is -1.45. The molecule has 0 amide bonds. The Morgan fingerprint density at radius 3 is 2.43 bits per heavy atom. The van der Waals surface area contributed by atoms with E-state index < -0.39 is 11.4 Å². The molecule has 2 aliphatic heterocycles. The number of esters is 1. The third kappa shape index (κ3) is 1.44. The lowest BCUT2D eigenvalue weighted by Gasteiger charge is -2.39. The van der Waals surface area contributed by atoms with Crippen LogP contribution in [0.1, 0.15) is 36.5 Å². The maximum atomic E-state index is 12.5. The largest absolute Gasteiger partial charge is 0.422 e. The maximum Gasteiger partial charge on any atom is 0.342 e. The number of hydrogen-bond acceptors (Lipinski definition) is 3. The van der Waals surface area contributed by atoms with Gasteiger partial charge in [0.2, 0.25) is 0 Å². The van der Waals surface area contributed by atoms with Crippen LogP contribution < -0.4 is 0 Å². The zero-order chi connectivity index (χ0) is 14.7. The molecular weight excluding hydrogens is 264 g/mol. The predicted molar refractivity (Wildman–Crippen MR) is 77.7 cm³/mol. The molecule has 2 aliphatic rings. The van der Waals surface area contributed by atoms with E-state index in [9.17, 15) is 4.79 Å². The van der Waals surface area contributed by atoms with Crippen LogP contribution in [0.4, 0.5) is 0 Å². The average molecular weight is 280 g/mol. The fourth-order valence-electron chi connectivity index (χ4n) is 3.37. The zero-order valence-corrected chi connectivity index (χ0v) is 12.0.